The molecule has 1 N–H and O–H groups in total. The zero-order valence-electron chi connectivity index (χ0n) is 19.6. The molecule has 0 spiro atoms. The Morgan fingerprint density at radius 3 is 2.41 bits per heavy atom. The number of hydrogen-bond acceptors (Lipinski definition) is 4. The SMILES string of the molecule is Cc1ccc(-c2ccc(C(=O)Nc3ccc4cc(CN5CCCCCC5)cnc4c3)cn2)cc1. The fraction of sp³-hybridized carbons (Fsp3) is 0.276. The number of likely N-dealkylation sites (tertiary alicyclic amines) is 1. The maximum Gasteiger partial charge on any atom is 0.257 e. The summed E-state index contributed by atoms with van der Waals surface area (Å²) in [6, 6.07) is 20.0. The Morgan fingerprint density at radius 1 is 0.882 bits per heavy atom. The number of fused-ring (bicyclic) bond motifs is 1. The monoisotopic (exact) mass is 450 g/mol. The molecular weight excluding hydrogens is 420 g/mol. The second kappa shape index (κ2) is 10.1. The minimum Gasteiger partial charge on any atom is -0.322 e. The summed E-state index contributed by atoms with van der Waals surface area (Å²) in [5.41, 5.74) is 6.47. The van der Waals surface area contributed by atoms with Crippen LogP contribution in [0.15, 0.2) is 73.1 Å². The molecule has 1 aliphatic heterocycles. The number of carbonyl (C=O) groups excluding carboxylic acids is 1. The van der Waals surface area contributed by atoms with E-state index in [1.165, 1.54) is 49.9 Å². The number of aryl methyl sites for hydroxylation is 1. The van der Waals surface area contributed by atoms with Gasteiger partial charge >= 0.3 is 0 Å². The van der Waals surface area contributed by atoms with Crippen LogP contribution in [0.4, 0.5) is 5.69 Å². The van der Waals surface area contributed by atoms with Crippen molar-refractivity contribution in [2.75, 3.05) is 18.4 Å². The number of aromatic nitrogens is 2. The van der Waals surface area contributed by atoms with Gasteiger partial charge in [0, 0.05) is 35.6 Å². The summed E-state index contributed by atoms with van der Waals surface area (Å²) >= 11 is 0. The molecule has 5 nitrogen and oxygen atoms in total. The number of amides is 1. The average molecular weight is 451 g/mol. The Bertz CT molecular complexity index is 1270. The Morgan fingerprint density at radius 2 is 1.68 bits per heavy atom. The summed E-state index contributed by atoms with van der Waals surface area (Å²) in [4.78, 5) is 24.4. The summed E-state index contributed by atoms with van der Waals surface area (Å²) in [5, 5.41) is 4.07. The lowest BCUT2D eigenvalue weighted by atomic mass is 10.1. The van der Waals surface area contributed by atoms with E-state index in [2.05, 4.69) is 45.3 Å². The van der Waals surface area contributed by atoms with Gasteiger partial charge in [-0.3, -0.25) is 19.7 Å². The molecule has 5 rings (SSSR count). The third-order valence-corrected chi connectivity index (χ3v) is 6.48. The van der Waals surface area contributed by atoms with E-state index in [-0.39, 0.29) is 5.91 Å². The molecule has 0 atom stereocenters. The molecule has 1 fully saturated rings. The van der Waals surface area contributed by atoms with Crippen molar-refractivity contribution in [1.82, 2.24) is 14.9 Å². The number of pyridine rings is 2. The lowest BCUT2D eigenvalue weighted by Crippen LogP contribution is -2.24. The van der Waals surface area contributed by atoms with Crippen molar-refractivity contribution in [2.24, 2.45) is 0 Å². The molecule has 0 radical (unpaired) electrons. The fourth-order valence-electron chi connectivity index (χ4n) is 4.51. The van der Waals surface area contributed by atoms with Gasteiger partial charge in [0.1, 0.15) is 0 Å². The van der Waals surface area contributed by atoms with E-state index in [0.29, 0.717) is 5.56 Å². The van der Waals surface area contributed by atoms with Crippen LogP contribution in [-0.2, 0) is 6.54 Å². The maximum absolute atomic E-state index is 12.8. The van der Waals surface area contributed by atoms with Crippen LogP contribution in [0, 0.1) is 6.92 Å². The number of nitrogens with one attached hydrogen (secondary N) is 1. The highest BCUT2D eigenvalue weighted by atomic mass is 16.1. The fourth-order valence-corrected chi connectivity index (χ4v) is 4.51. The quantitative estimate of drug-likeness (QED) is 0.391. The first-order chi connectivity index (χ1) is 16.6. The number of rotatable bonds is 5. The van der Waals surface area contributed by atoms with Crippen LogP contribution in [0.2, 0.25) is 0 Å². The van der Waals surface area contributed by atoms with Gasteiger partial charge in [0.25, 0.3) is 5.91 Å². The van der Waals surface area contributed by atoms with E-state index in [1.54, 1.807) is 6.20 Å². The molecule has 1 amide bonds. The summed E-state index contributed by atoms with van der Waals surface area (Å²) in [7, 11) is 0. The van der Waals surface area contributed by atoms with E-state index < -0.39 is 0 Å². The van der Waals surface area contributed by atoms with Crippen LogP contribution in [0.25, 0.3) is 22.2 Å². The molecule has 0 saturated carbocycles. The third kappa shape index (κ3) is 5.32. The Kier molecular flexibility index (Phi) is 6.63. The van der Waals surface area contributed by atoms with Gasteiger partial charge in [-0.1, -0.05) is 48.7 Å². The minimum absolute atomic E-state index is 0.180. The molecule has 4 aromatic rings. The summed E-state index contributed by atoms with van der Waals surface area (Å²) < 4.78 is 0. The molecule has 2 aromatic heterocycles. The van der Waals surface area contributed by atoms with Gasteiger partial charge in [-0.15, -0.1) is 0 Å². The number of benzene rings is 2. The van der Waals surface area contributed by atoms with E-state index >= 15 is 0 Å². The van der Waals surface area contributed by atoms with Crippen LogP contribution in [0.5, 0.6) is 0 Å². The molecule has 0 aliphatic carbocycles. The number of nitrogens with zero attached hydrogens (tertiary/aromatic N) is 3. The summed E-state index contributed by atoms with van der Waals surface area (Å²) in [6.45, 7) is 5.35. The summed E-state index contributed by atoms with van der Waals surface area (Å²) in [5.74, 6) is -0.180. The van der Waals surface area contributed by atoms with Gasteiger partial charge in [-0.2, -0.15) is 0 Å². The van der Waals surface area contributed by atoms with E-state index in [9.17, 15) is 4.79 Å². The normalized spacial score (nSPS) is 14.6. The Labute approximate surface area is 200 Å². The topological polar surface area (TPSA) is 58.1 Å². The van der Waals surface area contributed by atoms with Crippen molar-refractivity contribution in [1.29, 1.82) is 0 Å². The van der Waals surface area contributed by atoms with Crippen molar-refractivity contribution in [3.8, 4) is 11.3 Å². The predicted octanol–water partition coefficient (Wildman–Crippen LogP) is 6.23. The van der Waals surface area contributed by atoms with Gasteiger partial charge in [0.2, 0.25) is 0 Å². The predicted molar refractivity (Wildman–Crippen MR) is 138 cm³/mol. The minimum atomic E-state index is -0.180. The molecule has 2 aromatic carbocycles. The highest BCUT2D eigenvalue weighted by Gasteiger charge is 2.11. The zero-order valence-corrected chi connectivity index (χ0v) is 19.6. The third-order valence-electron chi connectivity index (χ3n) is 6.48. The molecule has 34 heavy (non-hydrogen) atoms. The van der Waals surface area contributed by atoms with E-state index in [0.717, 1.165) is 34.4 Å². The van der Waals surface area contributed by atoms with Crippen LogP contribution >= 0.6 is 0 Å². The second-order valence-corrected chi connectivity index (χ2v) is 9.19. The number of hydrogen-bond donors (Lipinski definition) is 1. The lowest BCUT2D eigenvalue weighted by Gasteiger charge is -2.19. The molecule has 5 heteroatoms. The van der Waals surface area contributed by atoms with Gasteiger partial charge in [0.15, 0.2) is 0 Å². The maximum atomic E-state index is 12.8. The van der Waals surface area contributed by atoms with Crippen molar-refractivity contribution >= 4 is 22.5 Å². The zero-order chi connectivity index (χ0) is 23.3. The average Bonchev–Trinajstić information content (AvgIpc) is 3.13. The van der Waals surface area contributed by atoms with Crippen molar-refractivity contribution in [3.63, 3.8) is 0 Å². The smallest absolute Gasteiger partial charge is 0.257 e. The van der Waals surface area contributed by atoms with Crippen LogP contribution in [-0.4, -0.2) is 33.9 Å². The Balaban J connectivity index is 1.25. The molecule has 1 aliphatic rings. The standard InChI is InChI=1S/C29H30N4O/c1-21-6-8-23(9-7-21)27-13-11-25(19-31-27)29(34)32-26-12-10-24-16-22(18-30-28(24)17-26)20-33-14-4-2-3-5-15-33/h6-13,16-19H,2-5,14-15,20H2,1H3,(H,32,34). The first-order valence-electron chi connectivity index (χ1n) is 12.1. The first kappa shape index (κ1) is 22.2. The summed E-state index contributed by atoms with van der Waals surface area (Å²) in [6.07, 6.45) is 8.84. The highest BCUT2D eigenvalue weighted by Crippen LogP contribution is 2.22. The molecule has 1 saturated heterocycles. The first-order valence-corrected chi connectivity index (χ1v) is 12.1. The lowest BCUT2D eigenvalue weighted by molar-refractivity contribution is 0.102. The molecular formula is C29H30N4O. The number of carbonyl (C=O) groups is 1. The van der Waals surface area contributed by atoms with Gasteiger partial charge < -0.3 is 5.32 Å². The van der Waals surface area contributed by atoms with Gasteiger partial charge in [-0.05, 0) is 68.8 Å². The van der Waals surface area contributed by atoms with E-state index in [1.807, 2.05) is 48.7 Å². The van der Waals surface area contributed by atoms with Gasteiger partial charge in [-0.25, -0.2) is 0 Å². The van der Waals surface area contributed by atoms with Crippen LogP contribution < -0.4 is 5.32 Å². The molecule has 172 valence electrons. The van der Waals surface area contributed by atoms with Crippen LogP contribution in [0.3, 0.4) is 0 Å². The van der Waals surface area contributed by atoms with E-state index in [4.69, 9.17) is 0 Å². The second-order valence-electron chi connectivity index (χ2n) is 9.19. The molecule has 0 bridgehead atoms. The van der Waals surface area contributed by atoms with Crippen LogP contribution in [0.1, 0.15) is 47.2 Å². The largest absolute Gasteiger partial charge is 0.322 e. The molecule has 3 heterocycles. The van der Waals surface area contributed by atoms with Crippen molar-refractivity contribution in [2.45, 2.75) is 39.2 Å². The van der Waals surface area contributed by atoms with Crippen molar-refractivity contribution < 1.29 is 4.79 Å². The Hall–Kier alpha value is -3.57. The highest BCUT2D eigenvalue weighted by molar-refractivity contribution is 6.05. The number of anilines is 1. The van der Waals surface area contributed by atoms with Crippen molar-refractivity contribution in [3.05, 3.63) is 89.7 Å². The molecule has 0 unspecified atom stereocenters. The van der Waals surface area contributed by atoms with Gasteiger partial charge in [0.05, 0.1) is 16.8 Å².